The van der Waals surface area contributed by atoms with Gasteiger partial charge in [0.1, 0.15) is 12.0 Å². The molecule has 0 saturated carbocycles. The van der Waals surface area contributed by atoms with Crippen LogP contribution in [0, 0.1) is 12.8 Å². The number of nitrogens with zero attached hydrogens (tertiary/aromatic N) is 2. The van der Waals surface area contributed by atoms with Crippen LogP contribution in [0.1, 0.15) is 21.8 Å². The van der Waals surface area contributed by atoms with E-state index in [-0.39, 0.29) is 12.5 Å². The van der Waals surface area contributed by atoms with Crippen molar-refractivity contribution >= 4 is 23.2 Å². The fourth-order valence-corrected chi connectivity index (χ4v) is 2.99. The number of hydrogen-bond donors (Lipinski definition) is 1. The Labute approximate surface area is 125 Å². The number of carbonyl (C=O) groups is 2. The number of carboxylic acid groups (broad SMARTS) is 1. The Balaban J connectivity index is 1.74. The number of carboxylic acids is 1. The zero-order valence-corrected chi connectivity index (χ0v) is 12.2. The molecule has 1 saturated heterocycles. The summed E-state index contributed by atoms with van der Waals surface area (Å²) in [6.45, 7) is 2.62. The third-order valence-corrected chi connectivity index (χ3v) is 4.32. The van der Waals surface area contributed by atoms with E-state index >= 15 is 0 Å². The highest BCUT2D eigenvalue weighted by Crippen LogP contribution is 2.25. The van der Waals surface area contributed by atoms with Gasteiger partial charge in [-0.15, -0.1) is 11.3 Å². The van der Waals surface area contributed by atoms with Crippen molar-refractivity contribution in [2.45, 2.75) is 13.3 Å². The van der Waals surface area contributed by atoms with Crippen molar-refractivity contribution in [1.82, 2.24) is 9.88 Å². The first kappa shape index (κ1) is 13.8. The molecule has 2 aromatic heterocycles. The second-order valence-corrected chi connectivity index (χ2v) is 6.09. The summed E-state index contributed by atoms with van der Waals surface area (Å²) in [7, 11) is 0. The molecule has 0 aromatic carbocycles. The summed E-state index contributed by atoms with van der Waals surface area (Å²) in [5.41, 5.74) is 1.14. The van der Waals surface area contributed by atoms with Crippen LogP contribution < -0.4 is 0 Å². The van der Waals surface area contributed by atoms with Crippen LogP contribution in [0.3, 0.4) is 0 Å². The first-order valence-electron chi connectivity index (χ1n) is 6.57. The van der Waals surface area contributed by atoms with Crippen molar-refractivity contribution in [3.8, 4) is 11.5 Å². The van der Waals surface area contributed by atoms with Crippen molar-refractivity contribution < 1.29 is 19.1 Å². The molecule has 110 valence electrons. The summed E-state index contributed by atoms with van der Waals surface area (Å²) in [6.07, 6.45) is 1.90. The predicted octanol–water partition coefficient (Wildman–Crippen LogP) is 2.26. The van der Waals surface area contributed by atoms with Gasteiger partial charge in [0.05, 0.1) is 16.5 Å². The van der Waals surface area contributed by atoms with E-state index in [1.807, 2.05) is 12.3 Å². The molecule has 3 rings (SSSR count). The second kappa shape index (κ2) is 5.33. The molecular formula is C14H14N2O4S. The van der Waals surface area contributed by atoms with Crippen LogP contribution in [0.25, 0.3) is 11.5 Å². The zero-order valence-electron chi connectivity index (χ0n) is 11.4. The summed E-state index contributed by atoms with van der Waals surface area (Å²) in [5, 5.41) is 11.8. The van der Waals surface area contributed by atoms with Gasteiger partial charge in [-0.3, -0.25) is 9.59 Å². The summed E-state index contributed by atoms with van der Waals surface area (Å²) in [6, 6.07) is 1.66. The van der Waals surface area contributed by atoms with E-state index in [0.29, 0.717) is 30.0 Å². The lowest BCUT2D eigenvalue weighted by molar-refractivity contribution is -0.141. The molecule has 0 spiro atoms. The number of rotatable bonds is 3. The topological polar surface area (TPSA) is 83.6 Å². The van der Waals surface area contributed by atoms with Crippen LogP contribution in [0.4, 0.5) is 0 Å². The molecule has 1 fully saturated rings. The number of aromatic nitrogens is 1. The van der Waals surface area contributed by atoms with Gasteiger partial charge in [0.2, 0.25) is 0 Å². The Morgan fingerprint density at radius 1 is 1.52 bits per heavy atom. The number of aliphatic carboxylic acids is 1. The number of likely N-dealkylation sites (tertiary alicyclic amines) is 1. The van der Waals surface area contributed by atoms with Crippen molar-refractivity contribution in [2.24, 2.45) is 5.92 Å². The molecule has 7 heteroatoms. The Morgan fingerprint density at radius 3 is 2.95 bits per heavy atom. The van der Waals surface area contributed by atoms with Crippen LogP contribution in [0.15, 0.2) is 22.1 Å². The number of hydrogen-bond acceptors (Lipinski definition) is 5. The highest BCUT2D eigenvalue weighted by Gasteiger charge is 2.31. The number of carbonyl (C=O) groups excluding carboxylic acids is 1. The van der Waals surface area contributed by atoms with Gasteiger partial charge in [-0.25, -0.2) is 4.98 Å². The molecule has 0 aliphatic carbocycles. The molecule has 1 aliphatic heterocycles. The van der Waals surface area contributed by atoms with Crippen molar-refractivity contribution in [3.05, 3.63) is 28.3 Å². The van der Waals surface area contributed by atoms with E-state index in [2.05, 4.69) is 4.98 Å². The van der Waals surface area contributed by atoms with Gasteiger partial charge in [0, 0.05) is 18.5 Å². The van der Waals surface area contributed by atoms with Crippen molar-refractivity contribution in [2.75, 3.05) is 13.1 Å². The maximum atomic E-state index is 12.3. The molecule has 0 unspecified atom stereocenters. The Hall–Kier alpha value is -2.15. The maximum Gasteiger partial charge on any atom is 0.308 e. The Bertz CT molecular complexity index is 691. The first-order valence-corrected chi connectivity index (χ1v) is 7.45. The number of furan rings is 1. The van der Waals surface area contributed by atoms with Gasteiger partial charge in [-0.05, 0) is 19.4 Å². The van der Waals surface area contributed by atoms with Gasteiger partial charge >= 0.3 is 5.97 Å². The van der Waals surface area contributed by atoms with E-state index in [0.717, 1.165) is 5.01 Å². The first-order chi connectivity index (χ1) is 10.0. The van der Waals surface area contributed by atoms with Gasteiger partial charge in [-0.1, -0.05) is 0 Å². The van der Waals surface area contributed by atoms with E-state index in [1.165, 1.54) is 17.6 Å². The predicted molar refractivity (Wildman–Crippen MR) is 76.2 cm³/mol. The Kier molecular flexibility index (Phi) is 3.50. The van der Waals surface area contributed by atoms with Crippen molar-refractivity contribution in [3.63, 3.8) is 0 Å². The van der Waals surface area contributed by atoms with Crippen LogP contribution in [0.5, 0.6) is 0 Å². The standard InChI is InChI=1S/C14H14N2O4S/c1-8-15-11(7-21-8)12-4-10(6-20-12)13(17)16-3-2-9(5-16)14(18)19/h4,6-7,9H,2-3,5H2,1H3,(H,18,19)/t9-/m0/s1. The van der Waals surface area contributed by atoms with E-state index < -0.39 is 11.9 Å². The van der Waals surface area contributed by atoms with E-state index in [4.69, 9.17) is 9.52 Å². The van der Waals surface area contributed by atoms with Crippen LogP contribution in [-0.2, 0) is 4.79 Å². The number of aryl methyl sites for hydroxylation is 1. The van der Waals surface area contributed by atoms with Gasteiger partial charge < -0.3 is 14.4 Å². The SMILES string of the molecule is Cc1nc(-c2cc(C(=O)N3CC[C@H](C(=O)O)C3)co2)cs1. The second-order valence-electron chi connectivity index (χ2n) is 5.03. The maximum absolute atomic E-state index is 12.3. The minimum absolute atomic E-state index is 0.194. The highest BCUT2D eigenvalue weighted by molar-refractivity contribution is 7.09. The zero-order chi connectivity index (χ0) is 15.0. The lowest BCUT2D eigenvalue weighted by Crippen LogP contribution is -2.29. The van der Waals surface area contributed by atoms with Gasteiger partial charge in [0.25, 0.3) is 5.91 Å². The van der Waals surface area contributed by atoms with Gasteiger partial charge in [0.15, 0.2) is 5.76 Å². The summed E-state index contributed by atoms with van der Waals surface area (Å²) >= 11 is 1.51. The summed E-state index contributed by atoms with van der Waals surface area (Å²) < 4.78 is 5.40. The van der Waals surface area contributed by atoms with Crippen molar-refractivity contribution in [1.29, 1.82) is 0 Å². The molecule has 1 N–H and O–H groups in total. The van der Waals surface area contributed by atoms with E-state index in [1.54, 1.807) is 11.0 Å². The highest BCUT2D eigenvalue weighted by atomic mass is 32.1. The molecule has 21 heavy (non-hydrogen) atoms. The molecule has 3 heterocycles. The smallest absolute Gasteiger partial charge is 0.308 e. The normalized spacial score (nSPS) is 18.1. The lowest BCUT2D eigenvalue weighted by Gasteiger charge is -2.14. The molecular weight excluding hydrogens is 292 g/mol. The van der Waals surface area contributed by atoms with Crippen LogP contribution in [0.2, 0.25) is 0 Å². The average molecular weight is 306 g/mol. The summed E-state index contributed by atoms with van der Waals surface area (Å²) in [5.74, 6) is -0.963. The lowest BCUT2D eigenvalue weighted by atomic mass is 10.1. The monoisotopic (exact) mass is 306 g/mol. The summed E-state index contributed by atoms with van der Waals surface area (Å²) in [4.78, 5) is 29.1. The fraction of sp³-hybridized carbons (Fsp3) is 0.357. The van der Waals surface area contributed by atoms with E-state index in [9.17, 15) is 9.59 Å². The fourth-order valence-electron chi connectivity index (χ4n) is 2.39. The third kappa shape index (κ3) is 2.69. The van der Waals surface area contributed by atoms with Crippen LogP contribution >= 0.6 is 11.3 Å². The van der Waals surface area contributed by atoms with Gasteiger partial charge in [-0.2, -0.15) is 0 Å². The quantitative estimate of drug-likeness (QED) is 0.940. The number of thiazole rings is 1. The molecule has 1 amide bonds. The molecule has 0 bridgehead atoms. The molecule has 1 atom stereocenters. The molecule has 6 nitrogen and oxygen atoms in total. The minimum atomic E-state index is -0.851. The van der Waals surface area contributed by atoms with Crippen LogP contribution in [-0.4, -0.2) is 40.0 Å². The largest absolute Gasteiger partial charge is 0.481 e. The molecule has 0 radical (unpaired) electrons. The Morgan fingerprint density at radius 2 is 2.33 bits per heavy atom. The number of amides is 1. The minimum Gasteiger partial charge on any atom is -0.481 e. The molecule has 1 aliphatic rings. The molecule has 2 aromatic rings. The third-order valence-electron chi connectivity index (χ3n) is 3.54. The average Bonchev–Trinajstić information content (AvgIpc) is 3.17.